The lowest BCUT2D eigenvalue weighted by molar-refractivity contribution is -0.138. The summed E-state index contributed by atoms with van der Waals surface area (Å²) < 4.78 is 5.73. The Labute approximate surface area is 690 Å². The molecule has 4 aromatic carbocycles. The number of aliphatic hydroxyl groups is 1. The lowest BCUT2D eigenvalue weighted by Crippen LogP contribution is -2.64. The van der Waals surface area contributed by atoms with Gasteiger partial charge in [-0.2, -0.15) is 11.8 Å². The van der Waals surface area contributed by atoms with Crippen molar-refractivity contribution in [2.75, 3.05) is 44.3 Å². The second-order valence-electron chi connectivity index (χ2n) is 29.0. The molecule has 0 spiro atoms. The maximum absolute atomic E-state index is 15.8. The van der Waals surface area contributed by atoms with Gasteiger partial charge in [0.1, 0.15) is 78.3 Å². The molecule has 119 heavy (non-hydrogen) atoms. The van der Waals surface area contributed by atoms with Crippen LogP contribution in [0.5, 0.6) is 5.75 Å². The second-order valence-corrected chi connectivity index (χ2v) is 30.2. The Morgan fingerprint density at radius 3 is 1.86 bits per heavy atom. The predicted octanol–water partition coefficient (Wildman–Crippen LogP) is -5.26. The molecular formula is C78H110N22O18S. The Morgan fingerprint density at radius 2 is 1.22 bits per heavy atom. The number of carbonyl (C=O) groups excluding carboxylic acids is 16. The van der Waals surface area contributed by atoms with Gasteiger partial charge in [-0.05, 0) is 130 Å². The fraction of sp³-hybridized carbons (Fsp3) is 0.474. The van der Waals surface area contributed by atoms with Crippen molar-refractivity contribution in [3.63, 3.8) is 0 Å². The van der Waals surface area contributed by atoms with Crippen LogP contribution >= 0.6 is 11.8 Å². The van der Waals surface area contributed by atoms with Gasteiger partial charge in [0, 0.05) is 75.0 Å². The van der Waals surface area contributed by atoms with E-state index in [4.69, 9.17) is 50.3 Å². The Kier molecular flexibility index (Phi) is 38.2. The number of nitrogens with one attached hydrogen (secondary N) is 15. The van der Waals surface area contributed by atoms with Crippen molar-refractivity contribution in [2.24, 2.45) is 40.1 Å². The molecule has 1 aromatic heterocycles. The number of para-hydroxylation sites is 1. The molecule has 0 bridgehead atoms. The van der Waals surface area contributed by atoms with Crippen LogP contribution in [-0.2, 0) is 96.0 Å². The number of aliphatic hydroxyl groups excluding tert-OH is 1. The van der Waals surface area contributed by atoms with Gasteiger partial charge in [0.25, 0.3) is 0 Å². The molecule has 1 saturated heterocycles. The molecule has 41 heteroatoms. The quantitative estimate of drug-likeness (QED) is 0.00987. The number of guanidine groups is 1. The zero-order chi connectivity index (χ0) is 87.5. The maximum atomic E-state index is 15.8. The number of H-pyrrole nitrogens is 1. The number of unbranched alkanes of at least 4 members (excludes halogenated alkanes) is 2. The van der Waals surface area contributed by atoms with Crippen LogP contribution < -0.4 is 114 Å². The van der Waals surface area contributed by atoms with Gasteiger partial charge in [-0.1, -0.05) is 72.8 Å². The molecule has 6 rings (SSSR count). The van der Waals surface area contributed by atoms with Crippen molar-refractivity contribution < 1.29 is 86.6 Å². The number of nitrogens with two attached hydrogens (primary N) is 7. The summed E-state index contributed by atoms with van der Waals surface area (Å²) in [4.78, 5) is 228. The summed E-state index contributed by atoms with van der Waals surface area (Å²) in [6.45, 7) is 3.47. The average molecular weight is 1680 g/mol. The maximum Gasteiger partial charge on any atom is 0.246 e. The molecule has 646 valence electrons. The van der Waals surface area contributed by atoms with E-state index in [0.717, 1.165) is 31.0 Å². The Bertz CT molecular complexity index is 4440. The number of fused-ring (bicyclic) bond motifs is 2. The third-order valence-corrected chi connectivity index (χ3v) is 20.3. The van der Waals surface area contributed by atoms with E-state index in [1.54, 1.807) is 79.0 Å². The van der Waals surface area contributed by atoms with E-state index in [1.807, 2.05) is 18.2 Å². The van der Waals surface area contributed by atoms with Gasteiger partial charge in [0.15, 0.2) is 5.96 Å². The highest BCUT2D eigenvalue weighted by molar-refractivity contribution is 7.99. The van der Waals surface area contributed by atoms with Crippen LogP contribution in [0.2, 0.25) is 0 Å². The van der Waals surface area contributed by atoms with Crippen LogP contribution in [0.4, 0.5) is 0 Å². The van der Waals surface area contributed by atoms with Crippen molar-refractivity contribution in [3.05, 3.63) is 114 Å². The predicted molar refractivity (Wildman–Crippen MR) is 439 cm³/mol. The molecule has 1 aliphatic heterocycles. The Morgan fingerprint density at radius 1 is 0.613 bits per heavy atom. The van der Waals surface area contributed by atoms with Gasteiger partial charge in [0.2, 0.25) is 94.5 Å². The van der Waals surface area contributed by atoms with Gasteiger partial charge in [-0.3, -0.25) is 82.1 Å². The molecular weight excluding hydrogens is 1570 g/mol. The smallest absolute Gasteiger partial charge is 0.246 e. The van der Waals surface area contributed by atoms with Crippen LogP contribution in [0.25, 0.3) is 21.7 Å². The van der Waals surface area contributed by atoms with Crippen LogP contribution in [0.15, 0.2) is 97.2 Å². The van der Waals surface area contributed by atoms with Gasteiger partial charge >= 0.3 is 0 Å². The van der Waals surface area contributed by atoms with Crippen LogP contribution in [0.1, 0.15) is 115 Å². The van der Waals surface area contributed by atoms with Gasteiger partial charge in [-0.15, -0.1) is 0 Å². The van der Waals surface area contributed by atoms with Crippen LogP contribution in [-0.4, -0.2) is 227 Å². The van der Waals surface area contributed by atoms with E-state index in [9.17, 15) is 53.1 Å². The number of primary amides is 4. The fourth-order valence-corrected chi connectivity index (χ4v) is 13.9. The first-order valence-corrected chi connectivity index (χ1v) is 39.9. The zero-order valence-corrected chi connectivity index (χ0v) is 67.3. The van der Waals surface area contributed by atoms with Crippen molar-refractivity contribution in [3.8, 4) is 5.75 Å². The number of hydrogen-bond donors (Lipinski definition) is 23. The third kappa shape index (κ3) is 31.8. The minimum absolute atomic E-state index is 0.120. The normalized spacial score (nSPS) is 18.7. The average Bonchev–Trinajstić information content (AvgIpc) is 1.74. The number of rotatable bonds is 41. The van der Waals surface area contributed by atoms with E-state index < -0.39 is 211 Å². The number of benzene rings is 4. The van der Waals surface area contributed by atoms with Gasteiger partial charge in [0.05, 0.1) is 19.1 Å². The number of amides is 16. The topological polar surface area (TPSA) is 681 Å². The third-order valence-electron chi connectivity index (χ3n) is 19.2. The lowest BCUT2D eigenvalue weighted by atomic mass is 9.91. The molecule has 2 heterocycles. The number of aromatic amines is 1. The first-order valence-electron chi connectivity index (χ1n) is 38.8. The first-order chi connectivity index (χ1) is 56.6. The Hall–Kier alpha value is -12.5. The molecule has 40 nitrogen and oxygen atoms in total. The van der Waals surface area contributed by atoms with Gasteiger partial charge < -0.3 is 124 Å². The highest BCUT2D eigenvalue weighted by Gasteiger charge is 2.42. The zero-order valence-electron chi connectivity index (χ0n) is 66.5. The summed E-state index contributed by atoms with van der Waals surface area (Å²) in [6.07, 6.45) is -3.67. The largest absolute Gasteiger partial charge is 0.492 e. The first kappa shape index (κ1) is 95.3. The molecule has 0 unspecified atom stereocenters. The molecule has 0 aliphatic carbocycles. The molecule has 16 amide bonds. The van der Waals surface area contributed by atoms with Gasteiger partial charge in [-0.25, -0.2) is 0 Å². The standard InChI is InChI=1S/C78H110N22O18S/c1-42(101)65-75(116)96-58(37-48-39-88-51-15-7-6-14-50(48)51)72(113)92-53(23-25-61(81)103)68(109)97-60(41-119-33-27-55(90-43(2)102)69(110)91-54(70(111)99-65)24-26-62(82)104)73(114)93-56(35-44-18-21-49(22-19-44)118-32-30-80)71(112)94-57(36-45-17-20-46-12-4-5-13-47(46)34-45)74(115)100-78(3,28-9-10-29-79)76(117)98-52(16-8-11-31-87-77(85)86)67(108)95-59(38-63(83)105)66(107)89-40-64(84)106/h4-7,12-15,17-22,34,39,42,52-60,65,88,101H,8-11,16,23-33,35-38,40-41,79-80H2,1-3H3,(H2,81,103)(H2,82,104)(H2,83,105)(H2,84,106)(H,89,107)(H,90,102)(H,91,110)(H,92,113)(H,93,114)(H,94,112)(H,95,108)(H,96,116)(H,97,109)(H,98,117)(H,99,111)(H,100,115)(H4,85,86,87)/t42-,52+,53+,54+,55+,56+,57+,58+,59+,60+,65+,78+/m1/s1. The van der Waals surface area contributed by atoms with Crippen LogP contribution in [0.3, 0.4) is 0 Å². The number of thioether (sulfide) groups is 1. The number of aromatic nitrogens is 1. The molecule has 30 N–H and O–H groups in total. The summed E-state index contributed by atoms with van der Waals surface area (Å²) in [6, 6.07) is 8.82. The summed E-state index contributed by atoms with van der Waals surface area (Å²) in [5.74, 6) is -16.7. The van der Waals surface area contributed by atoms with E-state index in [0.29, 0.717) is 45.1 Å². The fourth-order valence-electron chi connectivity index (χ4n) is 12.9. The number of ether oxygens (including phenoxy) is 1. The van der Waals surface area contributed by atoms with E-state index >= 15 is 28.8 Å². The SMILES string of the molecule is CC(=O)N[C@H]1CCSC[C@@H](C(=O)N[C@@H](Cc2ccc(OCCN)cc2)C(=O)N[C@@H](Cc2ccc3ccccc3c2)C(=O)N[C@@](C)(CCCCN)C(=O)N[C@@H](CCCCNC(=N)N)C(=O)N[C@@H](CC(N)=O)C(=O)NCC(N)=O)NC(=O)[C@H](CCC(N)=O)NC(=O)[C@H](Cc2c[nH]c3ccccc23)NC(=O)[C@H]([C@@H](C)O)NC(=O)[C@H](CCC(N)=O)NC1=O. The van der Waals surface area contributed by atoms with Crippen molar-refractivity contribution in [2.45, 2.75) is 189 Å². The minimum atomic E-state index is -2.00. The molecule has 0 saturated carbocycles. The molecule has 12 atom stereocenters. The number of carbonyl (C=O) groups is 16. The monoisotopic (exact) mass is 1670 g/mol. The van der Waals surface area contributed by atoms with Crippen molar-refractivity contribution in [1.29, 1.82) is 5.41 Å². The molecule has 0 radical (unpaired) electrons. The second kappa shape index (κ2) is 47.6. The lowest BCUT2D eigenvalue weighted by Gasteiger charge is -2.34. The molecule has 5 aromatic rings. The highest BCUT2D eigenvalue weighted by Crippen LogP contribution is 2.24. The summed E-state index contributed by atoms with van der Waals surface area (Å²) in [5, 5.41) is 54.4. The van der Waals surface area contributed by atoms with E-state index in [2.05, 4.69) is 74.1 Å². The molecule has 1 fully saturated rings. The molecule has 1 aliphatic rings. The summed E-state index contributed by atoms with van der Waals surface area (Å²) in [5.41, 5.74) is 39.0. The Balaban J connectivity index is 1.46. The minimum Gasteiger partial charge on any atom is -0.492 e. The van der Waals surface area contributed by atoms with Crippen molar-refractivity contribution in [1.82, 2.24) is 74.1 Å². The van der Waals surface area contributed by atoms with Crippen molar-refractivity contribution >= 4 is 134 Å². The number of hydrogen-bond acceptors (Lipinski definition) is 22. The summed E-state index contributed by atoms with van der Waals surface area (Å²) >= 11 is 0.929. The summed E-state index contributed by atoms with van der Waals surface area (Å²) in [7, 11) is 0. The van der Waals surface area contributed by atoms with E-state index in [-0.39, 0.29) is 95.7 Å². The van der Waals surface area contributed by atoms with Crippen LogP contribution in [0, 0.1) is 5.41 Å². The van der Waals surface area contributed by atoms with E-state index in [1.165, 1.54) is 6.92 Å². The highest BCUT2D eigenvalue weighted by atomic mass is 32.2.